The first kappa shape index (κ1) is 22.1. The van der Waals surface area contributed by atoms with Gasteiger partial charge in [-0.1, -0.05) is 0 Å². The second kappa shape index (κ2) is 8.27. The Kier molecular flexibility index (Phi) is 5.54. The van der Waals surface area contributed by atoms with Crippen molar-refractivity contribution in [3.05, 3.63) is 74.9 Å². The van der Waals surface area contributed by atoms with Gasteiger partial charge in [-0.3, -0.25) is 4.90 Å². The fourth-order valence-electron chi connectivity index (χ4n) is 4.64. The summed E-state index contributed by atoms with van der Waals surface area (Å²) in [6.45, 7) is 1.19. The van der Waals surface area contributed by atoms with Crippen LogP contribution in [0.5, 0.6) is 0 Å². The normalized spacial score (nSPS) is 17.5. The van der Waals surface area contributed by atoms with Crippen LogP contribution < -0.4 is 5.63 Å². The number of aryl methyl sites for hydroxylation is 2. The van der Waals surface area contributed by atoms with Crippen molar-refractivity contribution in [3.63, 3.8) is 0 Å². The molecule has 0 spiro atoms. The molecule has 6 nitrogen and oxygen atoms in total. The molecule has 0 saturated carbocycles. The molecule has 0 amide bonds. The molecular formula is C23H21F3N2O4S. The molecule has 0 unspecified atom stereocenters. The standard InChI is InChI=1S/C23H21F3N2O4S/c24-18-4-5-20(23(26)22(18)25)33(30,31)28-8-6-27(7-9-28)13-16-12-21(29)32-19-11-15-3-1-2-14(15)10-17(16)19/h4-5,10-12H,1-3,6-9,13H2. The van der Waals surface area contributed by atoms with E-state index in [1.54, 1.807) is 0 Å². The Balaban J connectivity index is 1.35. The summed E-state index contributed by atoms with van der Waals surface area (Å²) in [6.07, 6.45) is 3.02. The van der Waals surface area contributed by atoms with E-state index in [1.165, 1.54) is 17.2 Å². The third kappa shape index (κ3) is 3.96. The van der Waals surface area contributed by atoms with E-state index >= 15 is 0 Å². The largest absolute Gasteiger partial charge is 0.423 e. The average molecular weight is 478 g/mol. The molecule has 2 heterocycles. The van der Waals surface area contributed by atoms with Gasteiger partial charge in [0.2, 0.25) is 10.0 Å². The van der Waals surface area contributed by atoms with Gasteiger partial charge >= 0.3 is 5.63 Å². The Labute approximate surface area is 188 Å². The summed E-state index contributed by atoms with van der Waals surface area (Å²) in [7, 11) is -4.32. The van der Waals surface area contributed by atoms with Gasteiger partial charge in [0.1, 0.15) is 10.5 Å². The zero-order valence-corrected chi connectivity index (χ0v) is 18.4. The first-order valence-corrected chi connectivity index (χ1v) is 12.1. The van der Waals surface area contributed by atoms with Crippen LogP contribution in [-0.2, 0) is 29.4 Å². The molecule has 33 heavy (non-hydrogen) atoms. The highest BCUT2D eigenvalue weighted by molar-refractivity contribution is 7.89. The fourth-order valence-corrected chi connectivity index (χ4v) is 6.12. The molecule has 1 fully saturated rings. The van der Waals surface area contributed by atoms with Gasteiger partial charge in [0.25, 0.3) is 0 Å². The second-order valence-corrected chi connectivity index (χ2v) is 10.3. The van der Waals surface area contributed by atoms with Gasteiger partial charge in [-0.05, 0) is 60.2 Å². The van der Waals surface area contributed by atoms with Crippen molar-refractivity contribution >= 4 is 21.0 Å². The van der Waals surface area contributed by atoms with Crippen molar-refractivity contribution < 1.29 is 26.0 Å². The van der Waals surface area contributed by atoms with Crippen LogP contribution in [0.1, 0.15) is 23.1 Å². The van der Waals surface area contributed by atoms with Crippen LogP contribution in [-0.4, -0.2) is 43.8 Å². The first-order chi connectivity index (χ1) is 15.7. The second-order valence-electron chi connectivity index (χ2n) is 8.42. The van der Waals surface area contributed by atoms with Gasteiger partial charge in [0.05, 0.1) is 0 Å². The maximum Gasteiger partial charge on any atom is 0.336 e. The molecule has 0 bridgehead atoms. The van der Waals surface area contributed by atoms with Crippen LogP contribution in [0.25, 0.3) is 11.0 Å². The Morgan fingerprint density at radius 2 is 1.61 bits per heavy atom. The Bertz CT molecular complexity index is 1410. The van der Waals surface area contributed by atoms with Crippen LogP contribution in [0.15, 0.2) is 44.4 Å². The van der Waals surface area contributed by atoms with Crippen LogP contribution in [0.3, 0.4) is 0 Å². The topological polar surface area (TPSA) is 70.8 Å². The molecule has 5 rings (SSSR count). The molecule has 174 valence electrons. The Hall–Kier alpha value is -2.69. The van der Waals surface area contributed by atoms with Crippen LogP contribution >= 0.6 is 0 Å². The van der Waals surface area contributed by atoms with E-state index < -0.39 is 38.0 Å². The van der Waals surface area contributed by atoms with Gasteiger partial charge in [0.15, 0.2) is 17.5 Å². The number of piperazine rings is 1. The zero-order chi connectivity index (χ0) is 23.3. The Morgan fingerprint density at radius 3 is 2.33 bits per heavy atom. The number of hydrogen-bond acceptors (Lipinski definition) is 5. The van der Waals surface area contributed by atoms with E-state index in [4.69, 9.17) is 4.42 Å². The van der Waals surface area contributed by atoms with E-state index in [-0.39, 0.29) is 13.1 Å². The Morgan fingerprint density at radius 1 is 0.909 bits per heavy atom. The summed E-state index contributed by atoms with van der Waals surface area (Å²) in [5, 5.41) is 0.870. The number of fused-ring (bicyclic) bond motifs is 2. The minimum absolute atomic E-state index is 0.0511. The molecule has 3 aromatic rings. The smallest absolute Gasteiger partial charge is 0.336 e. The highest BCUT2D eigenvalue weighted by atomic mass is 32.2. The highest BCUT2D eigenvalue weighted by Gasteiger charge is 2.32. The summed E-state index contributed by atoms with van der Waals surface area (Å²) < 4.78 is 72.9. The van der Waals surface area contributed by atoms with E-state index in [9.17, 15) is 26.4 Å². The molecule has 0 atom stereocenters. The van der Waals surface area contributed by atoms with Crippen molar-refractivity contribution in [2.75, 3.05) is 26.2 Å². The number of sulfonamides is 1. The molecule has 0 radical (unpaired) electrons. The number of nitrogens with zero attached hydrogens (tertiary/aromatic N) is 2. The van der Waals surface area contributed by atoms with Crippen molar-refractivity contribution in [1.82, 2.24) is 9.21 Å². The quantitative estimate of drug-likeness (QED) is 0.426. The molecule has 0 N–H and O–H groups in total. The number of halogens is 3. The van der Waals surface area contributed by atoms with Gasteiger partial charge in [0, 0.05) is 44.2 Å². The highest BCUT2D eigenvalue weighted by Crippen LogP contribution is 2.29. The summed E-state index contributed by atoms with van der Waals surface area (Å²) in [5.41, 5.74) is 3.37. The van der Waals surface area contributed by atoms with Gasteiger partial charge in [-0.2, -0.15) is 4.31 Å². The van der Waals surface area contributed by atoms with E-state index in [0.717, 1.165) is 40.6 Å². The lowest BCUT2D eigenvalue weighted by Gasteiger charge is -2.34. The lowest BCUT2D eigenvalue weighted by molar-refractivity contribution is 0.181. The molecule has 2 aliphatic rings. The van der Waals surface area contributed by atoms with Gasteiger partial charge < -0.3 is 4.42 Å². The molecule has 1 aliphatic heterocycles. The van der Waals surface area contributed by atoms with Crippen molar-refractivity contribution in [3.8, 4) is 0 Å². The predicted molar refractivity (Wildman–Crippen MR) is 115 cm³/mol. The molecule has 2 aromatic carbocycles. The third-order valence-corrected chi connectivity index (χ3v) is 8.30. The number of rotatable bonds is 4. The number of benzene rings is 2. The minimum Gasteiger partial charge on any atom is -0.423 e. The maximum atomic E-state index is 14.1. The van der Waals surface area contributed by atoms with Crippen LogP contribution in [0.2, 0.25) is 0 Å². The van der Waals surface area contributed by atoms with Gasteiger partial charge in [-0.15, -0.1) is 0 Å². The molecule has 1 aliphatic carbocycles. The maximum absolute atomic E-state index is 14.1. The third-order valence-electron chi connectivity index (χ3n) is 6.39. The minimum atomic E-state index is -4.32. The SMILES string of the molecule is O=c1cc(CN2CCN(S(=O)(=O)c3ccc(F)c(F)c3F)CC2)c2cc3c(cc2o1)CCC3. The molecule has 1 saturated heterocycles. The lowest BCUT2D eigenvalue weighted by Crippen LogP contribution is -2.48. The van der Waals surface area contributed by atoms with Gasteiger partial charge in [-0.25, -0.2) is 26.4 Å². The van der Waals surface area contributed by atoms with Crippen LogP contribution in [0, 0.1) is 17.5 Å². The molecule has 1 aromatic heterocycles. The van der Waals surface area contributed by atoms with Crippen molar-refractivity contribution in [1.29, 1.82) is 0 Å². The van der Waals surface area contributed by atoms with E-state index in [0.29, 0.717) is 31.3 Å². The number of hydrogen-bond donors (Lipinski definition) is 0. The van der Waals surface area contributed by atoms with Crippen molar-refractivity contribution in [2.24, 2.45) is 0 Å². The predicted octanol–water partition coefficient (Wildman–Crippen LogP) is 3.21. The summed E-state index contributed by atoms with van der Waals surface area (Å²) in [5.74, 6) is -4.97. The van der Waals surface area contributed by atoms with Crippen LogP contribution in [0.4, 0.5) is 13.2 Å². The average Bonchev–Trinajstić information content (AvgIpc) is 3.24. The molecule has 10 heteroatoms. The molecular weight excluding hydrogens is 457 g/mol. The van der Waals surface area contributed by atoms with E-state index in [1.807, 2.05) is 11.0 Å². The zero-order valence-electron chi connectivity index (χ0n) is 17.6. The summed E-state index contributed by atoms with van der Waals surface area (Å²) in [4.78, 5) is 13.2. The lowest BCUT2D eigenvalue weighted by atomic mass is 10.0. The fraction of sp³-hybridized carbons (Fsp3) is 0.348. The summed E-state index contributed by atoms with van der Waals surface area (Å²) >= 11 is 0. The van der Waals surface area contributed by atoms with Crippen molar-refractivity contribution in [2.45, 2.75) is 30.7 Å². The van der Waals surface area contributed by atoms with E-state index in [2.05, 4.69) is 6.07 Å². The summed E-state index contributed by atoms with van der Waals surface area (Å²) in [6, 6.07) is 6.81. The monoisotopic (exact) mass is 478 g/mol. The first-order valence-electron chi connectivity index (χ1n) is 10.7.